The predicted molar refractivity (Wildman–Crippen MR) is 83.4 cm³/mol. The Morgan fingerprint density at radius 1 is 1.14 bits per heavy atom. The van der Waals surface area contributed by atoms with Gasteiger partial charge in [-0.3, -0.25) is 9.78 Å². The van der Waals surface area contributed by atoms with Crippen LogP contribution >= 0.6 is 0 Å². The summed E-state index contributed by atoms with van der Waals surface area (Å²) < 4.78 is 0. The summed E-state index contributed by atoms with van der Waals surface area (Å²) in [6.07, 6.45) is 9.16. The molecule has 0 spiro atoms. The number of fused-ring (bicyclic) bond motifs is 1. The molecule has 1 aromatic carbocycles. The Balaban J connectivity index is 1.58. The van der Waals surface area contributed by atoms with Crippen molar-refractivity contribution in [3.05, 3.63) is 65.0 Å². The smallest absolute Gasteiger partial charge is 0.251 e. The van der Waals surface area contributed by atoms with E-state index >= 15 is 0 Å². The van der Waals surface area contributed by atoms with E-state index in [9.17, 15) is 4.79 Å². The van der Waals surface area contributed by atoms with E-state index in [2.05, 4.69) is 22.4 Å². The van der Waals surface area contributed by atoms with Crippen LogP contribution in [0.3, 0.4) is 0 Å². The summed E-state index contributed by atoms with van der Waals surface area (Å²) in [5, 5.41) is 2.99. The zero-order valence-electron chi connectivity index (χ0n) is 12.1. The van der Waals surface area contributed by atoms with Gasteiger partial charge in [-0.25, -0.2) is 0 Å². The Morgan fingerprint density at radius 2 is 2.00 bits per heavy atom. The van der Waals surface area contributed by atoms with Gasteiger partial charge >= 0.3 is 0 Å². The molecule has 3 rings (SSSR count). The highest BCUT2D eigenvalue weighted by molar-refractivity contribution is 5.94. The van der Waals surface area contributed by atoms with Gasteiger partial charge in [-0.1, -0.05) is 12.1 Å². The Morgan fingerprint density at radius 3 is 2.81 bits per heavy atom. The SMILES string of the molecule is O=C(NCCc1cccnc1)c1ccc2c(c1)CCCC2. The van der Waals surface area contributed by atoms with Crippen LogP contribution in [0, 0.1) is 0 Å². The number of hydrogen-bond acceptors (Lipinski definition) is 2. The quantitative estimate of drug-likeness (QED) is 0.935. The topological polar surface area (TPSA) is 42.0 Å². The predicted octanol–water partition coefficient (Wildman–Crippen LogP) is 2.93. The first-order valence-electron chi connectivity index (χ1n) is 7.62. The largest absolute Gasteiger partial charge is 0.352 e. The van der Waals surface area contributed by atoms with Gasteiger partial charge in [0.05, 0.1) is 0 Å². The maximum absolute atomic E-state index is 12.2. The number of rotatable bonds is 4. The maximum atomic E-state index is 12.2. The summed E-state index contributed by atoms with van der Waals surface area (Å²) in [6.45, 7) is 0.640. The molecule has 0 bridgehead atoms. The summed E-state index contributed by atoms with van der Waals surface area (Å²) in [4.78, 5) is 16.3. The average Bonchev–Trinajstić information content (AvgIpc) is 2.55. The number of nitrogens with zero attached hydrogens (tertiary/aromatic N) is 1. The molecular weight excluding hydrogens is 260 g/mol. The van der Waals surface area contributed by atoms with Gasteiger partial charge in [0.1, 0.15) is 0 Å². The molecule has 0 aliphatic heterocycles. The second-order valence-electron chi connectivity index (χ2n) is 5.56. The lowest BCUT2D eigenvalue weighted by Crippen LogP contribution is -2.26. The molecule has 2 aromatic rings. The van der Waals surface area contributed by atoms with Gasteiger partial charge in [0.25, 0.3) is 5.91 Å². The standard InChI is InChI=1S/C18H20N2O/c21-18(20-11-9-14-4-3-10-19-13-14)17-8-7-15-5-1-2-6-16(15)12-17/h3-4,7-8,10,12-13H,1-2,5-6,9,11H2,(H,20,21). The van der Waals surface area contributed by atoms with Gasteiger partial charge in [0.2, 0.25) is 0 Å². The first-order chi connectivity index (χ1) is 10.3. The van der Waals surface area contributed by atoms with E-state index in [-0.39, 0.29) is 5.91 Å². The summed E-state index contributed by atoms with van der Waals surface area (Å²) >= 11 is 0. The van der Waals surface area contributed by atoms with Gasteiger partial charge < -0.3 is 5.32 Å². The molecule has 1 N–H and O–H groups in total. The van der Waals surface area contributed by atoms with Crippen molar-refractivity contribution in [1.82, 2.24) is 10.3 Å². The van der Waals surface area contributed by atoms with Crippen LogP contribution in [0.15, 0.2) is 42.7 Å². The van der Waals surface area contributed by atoms with E-state index in [0.717, 1.165) is 30.4 Å². The number of benzene rings is 1. The highest BCUT2D eigenvalue weighted by Crippen LogP contribution is 2.22. The van der Waals surface area contributed by atoms with Crippen LogP contribution in [-0.2, 0) is 19.3 Å². The molecule has 21 heavy (non-hydrogen) atoms. The van der Waals surface area contributed by atoms with Crippen molar-refractivity contribution < 1.29 is 4.79 Å². The van der Waals surface area contributed by atoms with E-state index in [0.29, 0.717) is 6.54 Å². The molecule has 3 nitrogen and oxygen atoms in total. The summed E-state index contributed by atoms with van der Waals surface area (Å²) in [5.74, 6) is 0.0206. The fourth-order valence-electron chi connectivity index (χ4n) is 2.84. The molecule has 0 saturated carbocycles. The van der Waals surface area contributed by atoms with Crippen LogP contribution in [-0.4, -0.2) is 17.4 Å². The normalized spacial score (nSPS) is 13.5. The maximum Gasteiger partial charge on any atom is 0.251 e. The Labute approximate surface area is 125 Å². The Kier molecular flexibility index (Phi) is 4.29. The highest BCUT2D eigenvalue weighted by atomic mass is 16.1. The van der Waals surface area contributed by atoms with Crippen LogP contribution in [0.1, 0.15) is 39.9 Å². The molecule has 0 saturated heterocycles. The molecule has 108 valence electrons. The molecule has 1 aliphatic carbocycles. The van der Waals surface area contributed by atoms with E-state index in [1.165, 1.54) is 24.0 Å². The minimum Gasteiger partial charge on any atom is -0.352 e. The fraction of sp³-hybridized carbons (Fsp3) is 0.333. The van der Waals surface area contributed by atoms with Crippen molar-refractivity contribution in [3.63, 3.8) is 0 Å². The molecule has 1 amide bonds. The number of nitrogens with one attached hydrogen (secondary N) is 1. The van der Waals surface area contributed by atoms with E-state index < -0.39 is 0 Å². The molecular formula is C18H20N2O. The van der Waals surface area contributed by atoms with Gasteiger partial charge in [-0.05, 0) is 67.0 Å². The third kappa shape index (κ3) is 3.48. The lowest BCUT2D eigenvalue weighted by atomic mass is 9.90. The van der Waals surface area contributed by atoms with Crippen molar-refractivity contribution in [2.75, 3.05) is 6.54 Å². The van der Waals surface area contributed by atoms with Crippen LogP contribution in [0.5, 0.6) is 0 Å². The molecule has 1 aromatic heterocycles. The van der Waals surface area contributed by atoms with Crippen molar-refractivity contribution in [3.8, 4) is 0 Å². The highest BCUT2D eigenvalue weighted by Gasteiger charge is 2.12. The molecule has 0 atom stereocenters. The summed E-state index contributed by atoms with van der Waals surface area (Å²) in [6, 6.07) is 10.1. The fourth-order valence-corrected chi connectivity index (χ4v) is 2.84. The third-order valence-corrected chi connectivity index (χ3v) is 4.03. The van der Waals surface area contributed by atoms with Gasteiger partial charge in [0.15, 0.2) is 0 Å². The van der Waals surface area contributed by atoms with Crippen LogP contribution in [0.4, 0.5) is 0 Å². The van der Waals surface area contributed by atoms with Crippen molar-refractivity contribution >= 4 is 5.91 Å². The van der Waals surface area contributed by atoms with E-state index in [1.807, 2.05) is 24.4 Å². The number of aromatic nitrogens is 1. The second kappa shape index (κ2) is 6.53. The second-order valence-corrected chi connectivity index (χ2v) is 5.56. The summed E-state index contributed by atoms with van der Waals surface area (Å²) in [5.41, 5.74) is 4.68. The number of hydrogen-bond donors (Lipinski definition) is 1. The number of aryl methyl sites for hydroxylation is 2. The molecule has 0 radical (unpaired) electrons. The Hall–Kier alpha value is -2.16. The van der Waals surface area contributed by atoms with E-state index in [4.69, 9.17) is 0 Å². The van der Waals surface area contributed by atoms with Gasteiger partial charge in [-0.15, -0.1) is 0 Å². The van der Waals surface area contributed by atoms with Crippen LogP contribution < -0.4 is 5.32 Å². The molecule has 1 aliphatic rings. The zero-order chi connectivity index (χ0) is 14.5. The molecule has 0 unspecified atom stereocenters. The van der Waals surface area contributed by atoms with Gasteiger partial charge in [-0.2, -0.15) is 0 Å². The molecule has 0 fully saturated rings. The van der Waals surface area contributed by atoms with Crippen LogP contribution in [0.25, 0.3) is 0 Å². The van der Waals surface area contributed by atoms with Crippen LogP contribution in [0.2, 0.25) is 0 Å². The number of carbonyl (C=O) groups is 1. The molecule has 1 heterocycles. The zero-order valence-corrected chi connectivity index (χ0v) is 12.1. The molecule has 3 heteroatoms. The number of pyridine rings is 1. The third-order valence-electron chi connectivity index (χ3n) is 4.03. The summed E-state index contributed by atoms with van der Waals surface area (Å²) in [7, 11) is 0. The van der Waals surface area contributed by atoms with Crippen molar-refractivity contribution in [2.45, 2.75) is 32.1 Å². The van der Waals surface area contributed by atoms with Gasteiger partial charge in [0, 0.05) is 24.5 Å². The Bertz CT molecular complexity index is 622. The first-order valence-corrected chi connectivity index (χ1v) is 7.62. The number of carbonyl (C=O) groups excluding carboxylic acids is 1. The average molecular weight is 280 g/mol. The minimum absolute atomic E-state index is 0.0206. The van der Waals surface area contributed by atoms with E-state index in [1.54, 1.807) is 6.20 Å². The lowest BCUT2D eigenvalue weighted by Gasteiger charge is -2.16. The monoisotopic (exact) mass is 280 g/mol. The van der Waals surface area contributed by atoms with Crippen molar-refractivity contribution in [2.24, 2.45) is 0 Å². The number of amides is 1. The first kappa shape index (κ1) is 13.8. The van der Waals surface area contributed by atoms with Crippen molar-refractivity contribution in [1.29, 1.82) is 0 Å². The lowest BCUT2D eigenvalue weighted by molar-refractivity contribution is 0.0954. The minimum atomic E-state index is 0.0206.